The van der Waals surface area contributed by atoms with Crippen LogP contribution in [0.4, 0.5) is 5.69 Å². The molecule has 2 N–H and O–H groups in total. The van der Waals surface area contributed by atoms with Crippen LogP contribution in [0.1, 0.15) is 48.2 Å². The number of rotatable bonds is 1. The Kier molecular flexibility index (Phi) is 5.21. The summed E-state index contributed by atoms with van der Waals surface area (Å²) >= 11 is 0. The first-order valence-corrected chi connectivity index (χ1v) is 12.5. The topological polar surface area (TPSA) is 88.7 Å². The fourth-order valence-electron chi connectivity index (χ4n) is 6.76. The summed E-state index contributed by atoms with van der Waals surface area (Å²) in [7, 11) is 0. The average Bonchev–Trinajstić information content (AvgIpc) is 3.62. The molecular weight excluding hydrogens is 430 g/mol. The lowest BCUT2D eigenvalue weighted by molar-refractivity contribution is -0.138. The number of hydrogen-bond acceptors (Lipinski definition) is 4. The molecule has 178 valence electrons. The minimum Gasteiger partial charge on any atom is -0.357 e. The molecule has 3 amide bonds. The Labute approximate surface area is 199 Å². The van der Waals surface area contributed by atoms with Gasteiger partial charge >= 0.3 is 0 Å². The molecule has 1 aromatic carbocycles. The first kappa shape index (κ1) is 21.4. The van der Waals surface area contributed by atoms with E-state index in [9.17, 15) is 14.4 Å². The quantitative estimate of drug-likeness (QED) is 0.681. The Morgan fingerprint density at radius 3 is 2.68 bits per heavy atom. The standard InChI is InChI=1S/C26H31N5O3/c32-23-20-17-18-7-4-16-31(18)26(20)19-8-1-2-10-22(19)30(25(26)34)15-6-14-29(13-5-12-28-23)24(33)21-9-3-11-27-21/h1-3,8-11,18,20,27H,4-7,12-17H2,(H,28,32)/t18-,20+,26+/m0/s1. The number of aromatic amines is 1. The zero-order chi connectivity index (χ0) is 23.3. The molecule has 2 aromatic rings. The summed E-state index contributed by atoms with van der Waals surface area (Å²) in [5, 5.41) is 3.12. The van der Waals surface area contributed by atoms with Gasteiger partial charge in [-0.2, -0.15) is 0 Å². The summed E-state index contributed by atoms with van der Waals surface area (Å²) < 4.78 is 0. The van der Waals surface area contributed by atoms with E-state index in [1.807, 2.05) is 40.1 Å². The molecule has 4 aliphatic heterocycles. The summed E-state index contributed by atoms with van der Waals surface area (Å²) in [5.41, 5.74) is 1.54. The number of nitrogens with one attached hydrogen (secondary N) is 2. The van der Waals surface area contributed by atoms with E-state index in [4.69, 9.17) is 0 Å². The summed E-state index contributed by atoms with van der Waals surface area (Å²) in [6.45, 7) is 2.98. The first-order chi connectivity index (χ1) is 16.6. The SMILES string of the molecule is O=C1NCCCN(C(=O)c2ccc[nH]2)CCCN2C(=O)[C@@]3(c4ccccc42)[C@@H]1C[C@@H]1CCCN13. The van der Waals surface area contributed by atoms with Crippen LogP contribution in [0.15, 0.2) is 42.6 Å². The van der Waals surface area contributed by atoms with E-state index in [0.717, 1.165) is 37.1 Å². The van der Waals surface area contributed by atoms with Gasteiger partial charge in [0.15, 0.2) is 0 Å². The van der Waals surface area contributed by atoms with Gasteiger partial charge in [0.25, 0.3) is 11.8 Å². The van der Waals surface area contributed by atoms with E-state index in [-0.39, 0.29) is 23.8 Å². The van der Waals surface area contributed by atoms with E-state index in [1.54, 1.807) is 12.3 Å². The lowest BCUT2D eigenvalue weighted by atomic mass is 9.78. The number of fused-ring (bicyclic) bond motifs is 4. The molecule has 3 atom stereocenters. The van der Waals surface area contributed by atoms with Crippen molar-refractivity contribution in [2.45, 2.75) is 43.7 Å². The highest BCUT2D eigenvalue weighted by Crippen LogP contribution is 2.57. The number of para-hydroxylation sites is 1. The highest BCUT2D eigenvalue weighted by molar-refractivity contribution is 6.11. The normalized spacial score (nSPS) is 29.5. The fraction of sp³-hybridized carbons (Fsp3) is 0.500. The first-order valence-electron chi connectivity index (χ1n) is 12.5. The van der Waals surface area contributed by atoms with Gasteiger partial charge in [0.1, 0.15) is 11.2 Å². The largest absolute Gasteiger partial charge is 0.357 e. The third-order valence-corrected chi connectivity index (χ3v) is 8.16. The van der Waals surface area contributed by atoms with Gasteiger partial charge < -0.3 is 20.1 Å². The predicted octanol–water partition coefficient (Wildman–Crippen LogP) is 2.09. The van der Waals surface area contributed by atoms with Gasteiger partial charge in [-0.1, -0.05) is 18.2 Å². The van der Waals surface area contributed by atoms with Crippen LogP contribution < -0.4 is 10.2 Å². The third-order valence-electron chi connectivity index (χ3n) is 8.16. The van der Waals surface area contributed by atoms with Crippen LogP contribution in [0.3, 0.4) is 0 Å². The minimum absolute atomic E-state index is 0.0275. The number of amides is 3. The summed E-state index contributed by atoms with van der Waals surface area (Å²) in [6.07, 6.45) is 5.93. The van der Waals surface area contributed by atoms with E-state index < -0.39 is 11.5 Å². The fourth-order valence-corrected chi connectivity index (χ4v) is 6.76. The summed E-state index contributed by atoms with van der Waals surface area (Å²) in [5.74, 6) is -0.456. The van der Waals surface area contributed by atoms with Gasteiger partial charge in [0.2, 0.25) is 5.91 Å². The number of benzene rings is 1. The van der Waals surface area contributed by atoms with E-state index in [2.05, 4.69) is 15.2 Å². The Bertz CT molecular complexity index is 1120. The number of nitrogens with zero attached hydrogens (tertiary/aromatic N) is 3. The van der Waals surface area contributed by atoms with Gasteiger partial charge in [-0.15, -0.1) is 0 Å². The second kappa shape index (κ2) is 8.27. The highest BCUT2D eigenvalue weighted by atomic mass is 16.2. The average molecular weight is 462 g/mol. The maximum atomic E-state index is 14.3. The van der Waals surface area contributed by atoms with E-state index in [1.165, 1.54) is 0 Å². The van der Waals surface area contributed by atoms with Crippen LogP contribution in [0.25, 0.3) is 0 Å². The van der Waals surface area contributed by atoms with Crippen LogP contribution in [-0.4, -0.2) is 71.3 Å². The number of H-pyrrole nitrogens is 1. The van der Waals surface area contributed by atoms with Gasteiger partial charge in [-0.05, 0) is 56.8 Å². The molecule has 3 fully saturated rings. The Morgan fingerprint density at radius 2 is 1.82 bits per heavy atom. The van der Waals surface area contributed by atoms with Crippen molar-refractivity contribution in [3.05, 3.63) is 53.9 Å². The molecule has 8 heteroatoms. The van der Waals surface area contributed by atoms with Gasteiger partial charge in [-0.25, -0.2) is 0 Å². The van der Waals surface area contributed by atoms with E-state index >= 15 is 0 Å². The molecule has 0 unspecified atom stereocenters. The number of aromatic nitrogens is 1. The second-order valence-electron chi connectivity index (χ2n) is 9.89. The highest BCUT2D eigenvalue weighted by Gasteiger charge is 2.66. The van der Waals surface area contributed by atoms with Gasteiger partial charge in [-0.3, -0.25) is 19.3 Å². The zero-order valence-electron chi connectivity index (χ0n) is 19.3. The number of carbonyl (C=O) groups excluding carboxylic acids is 3. The Morgan fingerprint density at radius 1 is 0.971 bits per heavy atom. The van der Waals surface area contributed by atoms with Crippen molar-refractivity contribution in [3.63, 3.8) is 0 Å². The summed E-state index contributed by atoms with van der Waals surface area (Å²) in [6, 6.07) is 11.9. The molecule has 1 spiro atoms. The molecule has 1 aromatic heterocycles. The lowest BCUT2D eigenvalue weighted by Crippen LogP contribution is -2.56. The molecule has 0 saturated carbocycles. The van der Waals surface area contributed by atoms with Crippen LogP contribution in [0.5, 0.6) is 0 Å². The van der Waals surface area contributed by atoms with Crippen molar-refractivity contribution in [2.24, 2.45) is 5.92 Å². The molecule has 6 rings (SSSR count). The van der Waals surface area contributed by atoms with Crippen LogP contribution >= 0.6 is 0 Å². The van der Waals surface area contributed by atoms with Gasteiger partial charge in [0.05, 0.1) is 5.92 Å². The number of carbonyl (C=O) groups is 3. The molecular formula is C26H31N5O3. The van der Waals surface area contributed by atoms with Gasteiger partial charge in [0, 0.05) is 49.7 Å². The molecule has 0 radical (unpaired) electrons. The van der Waals surface area contributed by atoms with Crippen molar-refractivity contribution in [2.75, 3.05) is 37.6 Å². The molecule has 2 bridgehead atoms. The Hall–Kier alpha value is -3.13. The van der Waals surface area contributed by atoms with Crippen LogP contribution in [0.2, 0.25) is 0 Å². The summed E-state index contributed by atoms with van der Waals surface area (Å²) in [4.78, 5) is 49.9. The maximum Gasteiger partial charge on any atom is 0.270 e. The second-order valence-corrected chi connectivity index (χ2v) is 9.89. The monoisotopic (exact) mass is 461 g/mol. The van der Waals surface area contributed by atoms with Crippen molar-refractivity contribution < 1.29 is 14.4 Å². The Balaban J connectivity index is 1.37. The smallest absolute Gasteiger partial charge is 0.270 e. The molecule has 0 aliphatic carbocycles. The molecule has 34 heavy (non-hydrogen) atoms. The van der Waals surface area contributed by atoms with Crippen molar-refractivity contribution in [1.29, 1.82) is 0 Å². The third kappa shape index (κ3) is 3.04. The molecule has 3 saturated heterocycles. The number of anilines is 1. The predicted molar refractivity (Wildman–Crippen MR) is 127 cm³/mol. The number of hydrogen-bond donors (Lipinski definition) is 2. The molecule has 5 heterocycles. The van der Waals surface area contributed by atoms with Crippen LogP contribution in [-0.2, 0) is 15.1 Å². The van der Waals surface area contributed by atoms with Crippen molar-refractivity contribution in [1.82, 2.24) is 20.1 Å². The maximum absolute atomic E-state index is 14.3. The van der Waals surface area contributed by atoms with Crippen LogP contribution in [0, 0.1) is 5.92 Å². The van der Waals surface area contributed by atoms with Crippen molar-refractivity contribution >= 4 is 23.4 Å². The lowest BCUT2D eigenvalue weighted by Gasteiger charge is -2.37. The molecule has 8 nitrogen and oxygen atoms in total. The van der Waals surface area contributed by atoms with E-state index in [0.29, 0.717) is 44.7 Å². The zero-order valence-corrected chi connectivity index (χ0v) is 19.3. The minimum atomic E-state index is -0.907. The molecule has 4 aliphatic rings. The van der Waals surface area contributed by atoms with Crippen molar-refractivity contribution in [3.8, 4) is 0 Å².